The lowest BCUT2D eigenvalue weighted by Gasteiger charge is -2.41. The SMILES string of the molecule is CC1(C)CCN(C(=O)NC2CC2)CC1N. The van der Waals surface area contributed by atoms with Crippen molar-refractivity contribution in [1.29, 1.82) is 0 Å². The lowest BCUT2D eigenvalue weighted by atomic mass is 9.79. The second-order valence-electron chi connectivity index (χ2n) is 5.51. The average Bonchev–Trinajstić information content (AvgIpc) is 2.93. The molecule has 2 aliphatic rings. The maximum Gasteiger partial charge on any atom is 0.317 e. The first-order chi connectivity index (χ1) is 6.99. The lowest BCUT2D eigenvalue weighted by Crippen LogP contribution is -2.56. The number of hydrogen-bond acceptors (Lipinski definition) is 2. The molecule has 0 radical (unpaired) electrons. The van der Waals surface area contributed by atoms with Gasteiger partial charge in [0.25, 0.3) is 0 Å². The zero-order valence-corrected chi connectivity index (χ0v) is 9.62. The number of hydrogen-bond donors (Lipinski definition) is 2. The Morgan fingerprint density at radius 1 is 1.47 bits per heavy atom. The summed E-state index contributed by atoms with van der Waals surface area (Å²) in [7, 11) is 0. The van der Waals surface area contributed by atoms with Crippen LogP contribution in [0.25, 0.3) is 0 Å². The van der Waals surface area contributed by atoms with Gasteiger partial charge in [-0.1, -0.05) is 13.8 Å². The van der Waals surface area contributed by atoms with Gasteiger partial charge in [-0.2, -0.15) is 0 Å². The molecule has 15 heavy (non-hydrogen) atoms. The second kappa shape index (κ2) is 3.67. The minimum atomic E-state index is 0.0726. The molecule has 1 aliphatic heterocycles. The smallest absolute Gasteiger partial charge is 0.317 e. The highest BCUT2D eigenvalue weighted by atomic mass is 16.2. The van der Waals surface area contributed by atoms with Crippen molar-refractivity contribution in [1.82, 2.24) is 10.2 Å². The van der Waals surface area contributed by atoms with E-state index in [9.17, 15) is 4.79 Å². The summed E-state index contributed by atoms with van der Waals surface area (Å²) in [6.07, 6.45) is 3.26. The summed E-state index contributed by atoms with van der Waals surface area (Å²) in [6, 6.07) is 0.600. The van der Waals surface area contributed by atoms with Crippen LogP contribution in [0.15, 0.2) is 0 Å². The van der Waals surface area contributed by atoms with Gasteiger partial charge in [0.15, 0.2) is 0 Å². The molecule has 0 spiro atoms. The summed E-state index contributed by atoms with van der Waals surface area (Å²) in [6.45, 7) is 5.87. The predicted molar refractivity (Wildman–Crippen MR) is 59.5 cm³/mol. The molecule has 86 valence electrons. The van der Waals surface area contributed by atoms with Crippen molar-refractivity contribution in [3.63, 3.8) is 0 Å². The number of nitrogens with zero attached hydrogens (tertiary/aromatic N) is 1. The van der Waals surface area contributed by atoms with Crippen LogP contribution in [0.5, 0.6) is 0 Å². The van der Waals surface area contributed by atoms with Crippen molar-refractivity contribution in [3.8, 4) is 0 Å². The number of rotatable bonds is 1. The number of carbonyl (C=O) groups is 1. The summed E-state index contributed by atoms with van der Waals surface area (Å²) < 4.78 is 0. The second-order valence-corrected chi connectivity index (χ2v) is 5.51. The third-order valence-corrected chi connectivity index (χ3v) is 3.64. The summed E-state index contributed by atoms with van der Waals surface area (Å²) in [5.74, 6) is 0. The third-order valence-electron chi connectivity index (χ3n) is 3.64. The largest absolute Gasteiger partial charge is 0.335 e. The summed E-state index contributed by atoms with van der Waals surface area (Å²) in [5, 5.41) is 3.00. The topological polar surface area (TPSA) is 58.4 Å². The summed E-state index contributed by atoms with van der Waals surface area (Å²) >= 11 is 0. The van der Waals surface area contributed by atoms with E-state index in [1.807, 2.05) is 4.90 Å². The molecule has 2 rings (SSSR count). The Hall–Kier alpha value is -0.770. The van der Waals surface area contributed by atoms with E-state index in [-0.39, 0.29) is 17.5 Å². The van der Waals surface area contributed by atoms with Crippen molar-refractivity contribution in [2.75, 3.05) is 13.1 Å². The minimum Gasteiger partial charge on any atom is -0.335 e. The number of likely N-dealkylation sites (tertiary alicyclic amines) is 1. The average molecular weight is 211 g/mol. The highest BCUT2D eigenvalue weighted by Crippen LogP contribution is 2.29. The molecule has 0 bridgehead atoms. The van der Waals surface area contributed by atoms with E-state index in [2.05, 4.69) is 19.2 Å². The number of carbonyl (C=O) groups excluding carboxylic acids is 1. The van der Waals surface area contributed by atoms with Crippen LogP contribution in [0.1, 0.15) is 33.1 Å². The van der Waals surface area contributed by atoms with Gasteiger partial charge in [-0.3, -0.25) is 0 Å². The number of piperidine rings is 1. The Bertz CT molecular complexity index is 261. The Balaban J connectivity index is 1.86. The van der Waals surface area contributed by atoms with Gasteiger partial charge < -0.3 is 16.0 Å². The van der Waals surface area contributed by atoms with Crippen LogP contribution in [0.2, 0.25) is 0 Å². The normalized spacial score (nSPS) is 30.1. The molecule has 2 fully saturated rings. The maximum absolute atomic E-state index is 11.8. The molecule has 0 aromatic rings. The van der Waals surface area contributed by atoms with E-state index in [4.69, 9.17) is 5.73 Å². The zero-order chi connectivity index (χ0) is 11.1. The van der Waals surface area contributed by atoms with Crippen molar-refractivity contribution in [2.45, 2.75) is 45.2 Å². The number of urea groups is 1. The molecule has 1 saturated heterocycles. The molecule has 4 nitrogen and oxygen atoms in total. The minimum absolute atomic E-state index is 0.0726. The first kappa shape index (κ1) is 10.7. The van der Waals surface area contributed by atoms with Crippen LogP contribution in [0, 0.1) is 5.41 Å². The van der Waals surface area contributed by atoms with Gasteiger partial charge in [0.2, 0.25) is 0 Å². The standard InChI is InChI=1S/C11H21N3O/c1-11(2)5-6-14(7-9(11)12)10(15)13-8-3-4-8/h8-9H,3-7,12H2,1-2H3,(H,13,15). The summed E-state index contributed by atoms with van der Waals surface area (Å²) in [5.41, 5.74) is 6.23. The number of nitrogens with two attached hydrogens (primary N) is 1. The van der Waals surface area contributed by atoms with Gasteiger partial charge in [-0.25, -0.2) is 4.79 Å². The van der Waals surface area contributed by atoms with Crippen molar-refractivity contribution in [3.05, 3.63) is 0 Å². The highest BCUT2D eigenvalue weighted by Gasteiger charge is 2.35. The first-order valence-corrected chi connectivity index (χ1v) is 5.80. The molecule has 1 atom stereocenters. The van der Waals surface area contributed by atoms with Crippen LogP contribution < -0.4 is 11.1 Å². The fraction of sp³-hybridized carbons (Fsp3) is 0.909. The Morgan fingerprint density at radius 3 is 2.67 bits per heavy atom. The molecule has 0 aromatic carbocycles. The molecule has 3 N–H and O–H groups in total. The van der Waals surface area contributed by atoms with Crippen molar-refractivity contribution >= 4 is 6.03 Å². The van der Waals surface area contributed by atoms with E-state index in [1.165, 1.54) is 0 Å². The molecule has 1 unspecified atom stereocenters. The zero-order valence-electron chi connectivity index (χ0n) is 9.62. The van der Waals surface area contributed by atoms with Crippen LogP contribution in [-0.4, -0.2) is 36.1 Å². The van der Waals surface area contributed by atoms with Gasteiger partial charge >= 0.3 is 6.03 Å². The van der Waals surface area contributed by atoms with Gasteiger partial charge in [0.1, 0.15) is 0 Å². The predicted octanol–water partition coefficient (Wildman–Crippen LogP) is 0.918. The molecular formula is C11H21N3O. The molecule has 1 aliphatic carbocycles. The Morgan fingerprint density at radius 2 is 2.13 bits per heavy atom. The van der Waals surface area contributed by atoms with E-state index in [1.54, 1.807) is 0 Å². The Labute approximate surface area is 91.2 Å². The molecule has 1 saturated carbocycles. The molecule has 1 heterocycles. The Kier molecular flexibility index (Phi) is 2.63. The molecule has 0 aromatic heterocycles. The monoisotopic (exact) mass is 211 g/mol. The van der Waals surface area contributed by atoms with E-state index >= 15 is 0 Å². The first-order valence-electron chi connectivity index (χ1n) is 5.80. The molecule has 2 amide bonds. The van der Waals surface area contributed by atoms with E-state index < -0.39 is 0 Å². The van der Waals surface area contributed by atoms with Crippen molar-refractivity contribution < 1.29 is 4.79 Å². The lowest BCUT2D eigenvalue weighted by molar-refractivity contribution is 0.119. The van der Waals surface area contributed by atoms with Crippen LogP contribution in [-0.2, 0) is 0 Å². The van der Waals surface area contributed by atoms with Crippen LogP contribution in [0.4, 0.5) is 4.79 Å². The highest BCUT2D eigenvalue weighted by molar-refractivity contribution is 5.75. The fourth-order valence-electron chi connectivity index (χ4n) is 1.86. The van der Waals surface area contributed by atoms with Gasteiger partial charge in [0.05, 0.1) is 0 Å². The quantitative estimate of drug-likeness (QED) is 0.677. The number of amides is 2. The molecular weight excluding hydrogens is 190 g/mol. The summed E-state index contributed by atoms with van der Waals surface area (Å²) in [4.78, 5) is 13.6. The fourth-order valence-corrected chi connectivity index (χ4v) is 1.86. The van der Waals surface area contributed by atoms with Crippen LogP contribution in [0.3, 0.4) is 0 Å². The van der Waals surface area contributed by atoms with E-state index in [0.717, 1.165) is 25.8 Å². The van der Waals surface area contributed by atoms with Gasteiger partial charge in [-0.05, 0) is 24.7 Å². The van der Waals surface area contributed by atoms with E-state index in [0.29, 0.717) is 12.6 Å². The van der Waals surface area contributed by atoms with Crippen LogP contribution >= 0.6 is 0 Å². The van der Waals surface area contributed by atoms with Crippen molar-refractivity contribution in [2.24, 2.45) is 11.1 Å². The maximum atomic E-state index is 11.8. The van der Waals surface area contributed by atoms with Gasteiger partial charge in [-0.15, -0.1) is 0 Å². The van der Waals surface area contributed by atoms with Gasteiger partial charge in [0, 0.05) is 25.2 Å². The molecule has 4 heteroatoms. The third kappa shape index (κ3) is 2.43. The number of nitrogens with one attached hydrogen (secondary N) is 1.